The van der Waals surface area contributed by atoms with Gasteiger partial charge < -0.3 is 9.64 Å². The number of amides is 1. The normalized spacial score (nSPS) is 10.5. The van der Waals surface area contributed by atoms with Crippen molar-refractivity contribution in [2.75, 3.05) is 20.2 Å². The minimum Gasteiger partial charge on any atom is -0.494 e. The number of rotatable bonds is 7. The third-order valence-corrected chi connectivity index (χ3v) is 3.72. The van der Waals surface area contributed by atoms with Gasteiger partial charge in [-0.25, -0.2) is 9.97 Å². The topological polar surface area (TPSA) is 55.3 Å². The van der Waals surface area contributed by atoms with Crippen LogP contribution in [0.1, 0.15) is 40.7 Å². The van der Waals surface area contributed by atoms with Crippen LogP contribution in [0.25, 0.3) is 0 Å². The molecule has 1 aromatic carbocycles. The average molecular weight is 327 g/mol. The highest BCUT2D eigenvalue weighted by molar-refractivity contribution is 5.93. The van der Waals surface area contributed by atoms with Crippen LogP contribution < -0.4 is 4.74 Å². The molecule has 0 atom stereocenters. The summed E-state index contributed by atoms with van der Waals surface area (Å²) >= 11 is 0. The Kier molecular flexibility index (Phi) is 6.29. The average Bonchev–Trinajstić information content (AvgIpc) is 2.57. The number of aromatic nitrogens is 2. The monoisotopic (exact) mass is 327 g/mol. The van der Waals surface area contributed by atoms with Crippen LogP contribution in [0.3, 0.4) is 0 Å². The molecule has 1 heterocycles. The van der Waals surface area contributed by atoms with Gasteiger partial charge >= 0.3 is 0 Å². The van der Waals surface area contributed by atoms with E-state index in [1.807, 2.05) is 19.1 Å². The highest BCUT2D eigenvalue weighted by Gasteiger charge is 2.12. The van der Waals surface area contributed by atoms with Crippen LogP contribution in [0, 0.1) is 13.8 Å². The Balaban J connectivity index is 1.79. The summed E-state index contributed by atoms with van der Waals surface area (Å²) in [6.07, 6.45) is 4.72. The summed E-state index contributed by atoms with van der Waals surface area (Å²) in [5.41, 5.74) is 2.89. The Morgan fingerprint density at radius 1 is 1.12 bits per heavy atom. The van der Waals surface area contributed by atoms with E-state index in [1.54, 1.807) is 24.3 Å². The molecule has 0 unspecified atom stereocenters. The number of carbonyl (C=O) groups excluding carboxylic acids is 1. The molecular weight excluding hydrogens is 302 g/mol. The summed E-state index contributed by atoms with van der Waals surface area (Å²) in [6, 6.07) is 6.16. The lowest BCUT2D eigenvalue weighted by Gasteiger charge is -2.17. The Bertz CT molecular complexity index is 663. The zero-order valence-electron chi connectivity index (χ0n) is 14.9. The summed E-state index contributed by atoms with van der Waals surface area (Å²) in [5.74, 6) is 1.56. The molecule has 0 fully saturated rings. The largest absolute Gasteiger partial charge is 0.494 e. The predicted molar refractivity (Wildman–Crippen MR) is 94.4 cm³/mol. The van der Waals surface area contributed by atoms with Crippen LogP contribution in [0.2, 0.25) is 0 Å². The molecule has 2 rings (SSSR count). The molecule has 0 N–H and O–H groups in total. The van der Waals surface area contributed by atoms with Crippen LogP contribution in [0.5, 0.6) is 5.75 Å². The lowest BCUT2D eigenvalue weighted by atomic mass is 10.1. The Morgan fingerprint density at radius 2 is 1.75 bits per heavy atom. The van der Waals surface area contributed by atoms with Crippen molar-refractivity contribution in [3.05, 3.63) is 53.1 Å². The van der Waals surface area contributed by atoms with Crippen molar-refractivity contribution in [1.82, 2.24) is 14.9 Å². The summed E-state index contributed by atoms with van der Waals surface area (Å²) in [7, 11) is 1.78. The van der Waals surface area contributed by atoms with Gasteiger partial charge in [-0.3, -0.25) is 4.79 Å². The van der Waals surface area contributed by atoms with E-state index in [2.05, 4.69) is 29.9 Å². The SMILES string of the molecule is CCc1ncc(C(=O)N(C)CCCOc2cc(C)cc(C)c2)cn1. The van der Waals surface area contributed by atoms with Crippen molar-refractivity contribution in [3.63, 3.8) is 0 Å². The van der Waals surface area contributed by atoms with Crippen molar-refractivity contribution in [3.8, 4) is 5.75 Å². The molecule has 1 aromatic heterocycles. The number of hydrogen-bond donors (Lipinski definition) is 0. The minimum atomic E-state index is -0.0657. The molecule has 1 amide bonds. The van der Waals surface area contributed by atoms with Gasteiger partial charge in [-0.2, -0.15) is 0 Å². The highest BCUT2D eigenvalue weighted by atomic mass is 16.5. The van der Waals surface area contributed by atoms with Crippen molar-refractivity contribution >= 4 is 5.91 Å². The molecule has 5 heteroatoms. The standard InChI is InChI=1S/C19H25N3O2/c1-5-18-20-12-16(13-21-18)19(23)22(4)7-6-8-24-17-10-14(2)9-15(3)11-17/h9-13H,5-8H2,1-4H3. The minimum absolute atomic E-state index is 0.0657. The van der Waals surface area contributed by atoms with Gasteiger partial charge in [-0.15, -0.1) is 0 Å². The first-order valence-corrected chi connectivity index (χ1v) is 8.27. The highest BCUT2D eigenvalue weighted by Crippen LogP contribution is 2.16. The third kappa shape index (κ3) is 5.05. The molecule has 0 saturated carbocycles. The molecule has 24 heavy (non-hydrogen) atoms. The molecule has 5 nitrogen and oxygen atoms in total. The maximum absolute atomic E-state index is 12.3. The summed E-state index contributed by atoms with van der Waals surface area (Å²) in [5, 5.41) is 0. The van der Waals surface area contributed by atoms with Gasteiger partial charge in [0.25, 0.3) is 5.91 Å². The quantitative estimate of drug-likeness (QED) is 0.733. The van der Waals surface area contributed by atoms with E-state index < -0.39 is 0 Å². The second-order valence-electron chi connectivity index (χ2n) is 5.99. The van der Waals surface area contributed by atoms with E-state index in [-0.39, 0.29) is 5.91 Å². The zero-order valence-corrected chi connectivity index (χ0v) is 14.9. The van der Waals surface area contributed by atoms with Crippen LogP contribution in [0.4, 0.5) is 0 Å². The molecule has 0 aliphatic rings. The first kappa shape index (κ1) is 17.9. The van der Waals surface area contributed by atoms with E-state index in [0.29, 0.717) is 18.7 Å². The number of hydrogen-bond acceptors (Lipinski definition) is 4. The number of nitrogens with zero attached hydrogens (tertiary/aromatic N) is 3. The molecule has 128 valence electrons. The van der Waals surface area contributed by atoms with Crippen molar-refractivity contribution in [2.45, 2.75) is 33.6 Å². The Morgan fingerprint density at radius 3 is 2.33 bits per heavy atom. The second kappa shape index (κ2) is 8.43. The Hall–Kier alpha value is -2.43. The molecule has 0 aliphatic heterocycles. The fraction of sp³-hybridized carbons (Fsp3) is 0.421. The molecule has 0 radical (unpaired) electrons. The van der Waals surface area contributed by atoms with Crippen LogP contribution in [-0.4, -0.2) is 41.0 Å². The van der Waals surface area contributed by atoms with E-state index in [4.69, 9.17) is 4.74 Å². The van der Waals surface area contributed by atoms with Gasteiger partial charge in [0.15, 0.2) is 0 Å². The first-order chi connectivity index (χ1) is 11.5. The van der Waals surface area contributed by atoms with Gasteiger partial charge in [0, 0.05) is 32.4 Å². The van der Waals surface area contributed by atoms with Gasteiger partial charge in [0.05, 0.1) is 12.2 Å². The van der Waals surface area contributed by atoms with Crippen molar-refractivity contribution in [2.24, 2.45) is 0 Å². The van der Waals surface area contributed by atoms with E-state index >= 15 is 0 Å². The maximum Gasteiger partial charge on any atom is 0.256 e. The fourth-order valence-electron chi connectivity index (χ4n) is 2.48. The predicted octanol–water partition coefficient (Wildman–Crippen LogP) is 3.20. The van der Waals surface area contributed by atoms with Gasteiger partial charge in [-0.05, 0) is 43.5 Å². The summed E-state index contributed by atoms with van der Waals surface area (Å²) < 4.78 is 5.77. The lowest BCUT2D eigenvalue weighted by Crippen LogP contribution is -2.29. The van der Waals surface area contributed by atoms with Crippen LogP contribution in [-0.2, 0) is 6.42 Å². The van der Waals surface area contributed by atoms with Crippen molar-refractivity contribution < 1.29 is 9.53 Å². The molecule has 0 bridgehead atoms. The lowest BCUT2D eigenvalue weighted by molar-refractivity contribution is 0.0787. The van der Waals surface area contributed by atoms with Gasteiger partial charge in [0.2, 0.25) is 0 Å². The third-order valence-electron chi connectivity index (χ3n) is 3.72. The van der Waals surface area contributed by atoms with Crippen molar-refractivity contribution in [1.29, 1.82) is 0 Å². The number of carbonyl (C=O) groups is 1. The van der Waals surface area contributed by atoms with E-state index in [1.165, 1.54) is 11.1 Å². The summed E-state index contributed by atoms with van der Waals surface area (Å²) in [6.45, 7) is 7.29. The molecular formula is C19H25N3O2. The number of ether oxygens (including phenoxy) is 1. The smallest absolute Gasteiger partial charge is 0.256 e. The molecule has 2 aromatic rings. The van der Waals surface area contributed by atoms with Gasteiger partial charge in [-0.1, -0.05) is 13.0 Å². The second-order valence-corrected chi connectivity index (χ2v) is 5.99. The maximum atomic E-state index is 12.3. The molecule has 0 saturated heterocycles. The Labute approximate surface area is 143 Å². The van der Waals surface area contributed by atoms with Gasteiger partial charge in [0.1, 0.15) is 11.6 Å². The molecule has 0 aliphatic carbocycles. The molecule has 0 spiro atoms. The first-order valence-electron chi connectivity index (χ1n) is 8.27. The van der Waals surface area contributed by atoms with E-state index in [9.17, 15) is 4.79 Å². The number of aryl methyl sites for hydroxylation is 3. The fourth-order valence-corrected chi connectivity index (χ4v) is 2.48. The van der Waals surface area contributed by atoms with Crippen LogP contribution in [0.15, 0.2) is 30.6 Å². The number of benzene rings is 1. The summed E-state index contributed by atoms with van der Waals surface area (Å²) in [4.78, 5) is 22.3. The zero-order chi connectivity index (χ0) is 17.5. The van der Waals surface area contributed by atoms with E-state index in [0.717, 1.165) is 24.4 Å². The van der Waals surface area contributed by atoms with Crippen LogP contribution >= 0.6 is 0 Å².